The molecule has 7 nitrogen and oxygen atoms in total. The lowest BCUT2D eigenvalue weighted by atomic mass is 10.2. The summed E-state index contributed by atoms with van der Waals surface area (Å²) >= 11 is 0. The van der Waals surface area contributed by atoms with Gasteiger partial charge in [0, 0.05) is 18.8 Å². The van der Waals surface area contributed by atoms with E-state index in [1.165, 1.54) is 12.3 Å². The molecule has 8 heteroatoms. The quantitative estimate of drug-likeness (QED) is 0.725. The molecule has 22 heavy (non-hydrogen) atoms. The van der Waals surface area contributed by atoms with Crippen molar-refractivity contribution in [3.63, 3.8) is 0 Å². The molecule has 1 fully saturated rings. The summed E-state index contributed by atoms with van der Waals surface area (Å²) in [5.74, 6) is 0.196. The number of amides is 1. The molecule has 0 radical (unpaired) electrons. The van der Waals surface area contributed by atoms with E-state index >= 15 is 0 Å². The number of rotatable bonds is 7. The van der Waals surface area contributed by atoms with Crippen LogP contribution >= 0.6 is 0 Å². The molecule has 0 aromatic carbocycles. The summed E-state index contributed by atoms with van der Waals surface area (Å²) in [5.41, 5.74) is 0.247. The Labute approximate surface area is 130 Å². The third kappa shape index (κ3) is 4.94. The minimum atomic E-state index is -3.01. The molecule has 0 saturated carbocycles. The van der Waals surface area contributed by atoms with E-state index in [-0.39, 0.29) is 29.1 Å². The summed E-state index contributed by atoms with van der Waals surface area (Å²) in [5, 5.41) is 5.80. The largest absolute Gasteiger partial charge is 0.354 e. The van der Waals surface area contributed by atoms with Gasteiger partial charge in [-0.1, -0.05) is 19.8 Å². The summed E-state index contributed by atoms with van der Waals surface area (Å²) < 4.78 is 22.8. The van der Waals surface area contributed by atoms with Gasteiger partial charge in [-0.25, -0.2) is 18.4 Å². The molecule has 1 saturated heterocycles. The lowest BCUT2D eigenvalue weighted by Gasteiger charge is -2.11. The van der Waals surface area contributed by atoms with Crippen LogP contribution in [0, 0.1) is 0 Å². The van der Waals surface area contributed by atoms with Crippen molar-refractivity contribution in [1.82, 2.24) is 15.3 Å². The van der Waals surface area contributed by atoms with Crippen molar-refractivity contribution in [3.8, 4) is 0 Å². The van der Waals surface area contributed by atoms with Crippen LogP contribution in [0.2, 0.25) is 0 Å². The second kappa shape index (κ2) is 7.53. The maximum atomic E-state index is 12.1. The second-order valence-electron chi connectivity index (χ2n) is 5.47. The molecule has 1 aliphatic rings. The van der Waals surface area contributed by atoms with Crippen LogP contribution in [-0.2, 0) is 9.84 Å². The van der Waals surface area contributed by atoms with Crippen molar-refractivity contribution in [2.45, 2.75) is 38.6 Å². The van der Waals surface area contributed by atoms with Crippen LogP contribution in [-0.4, -0.2) is 48.4 Å². The van der Waals surface area contributed by atoms with Crippen LogP contribution in [0.1, 0.15) is 43.1 Å². The highest BCUT2D eigenvalue weighted by atomic mass is 32.2. The molecule has 2 heterocycles. The Morgan fingerprint density at radius 2 is 2.23 bits per heavy atom. The van der Waals surface area contributed by atoms with Gasteiger partial charge in [-0.05, 0) is 18.9 Å². The fourth-order valence-electron chi connectivity index (χ4n) is 2.31. The average molecular weight is 326 g/mol. The van der Waals surface area contributed by atoms with Crippen molar-refractivity contribution in [1.29, 1.82) is 0 Å². The van der Waals surface area contributed by atoms with Gasteiger partial charge in [0.2, 0.25) is 5.95 Å². The highest BCUT2D eigenvalue weighted by molar-refractivity contribution is 7.91. The second-order valence-corrected chi connectivity index (χ2v) is 7.70. The summed E-state index contributed by atoms with van der Waals surface area (Å²) in [7, 11) is -3.01. The molecule has 1 aromatic heterocycles. The summed E-state index contributed by atoms with van der Waals surface area (Å²) in [6, 6.07) is 1.20. The monoisotopic (exact) mass is 326 g/mol. The zero-order valence-corrected chi connectivity index (χ0v) is 13.5. The van der Waals surface area contributed by atoms with Crippen LogP contribution < -0.4 is 10.6 Å². The van der Waals surface area contributed by atoms with E-state index in [2.05, 4.69) is 27.5 Å². The molecule has 0 bridgehead atoms. The number of nitrogens with zero attached hydrogens (tertiary/aromatic N) is 2. The highest BCUT2D eigenvalue weighted by Crippen LogP contribution is 2.12. The first-order valence-corrected chi connectivity index (χ1v) is 9.40. The Balaban J connectivity index is 1.90. The fourth-order valence-corrected chi connectivity index (χ4v) is 3.99. The van der Waals surface area contributed by atoms with Gasteiger partial charge in [-0.3, -0.25) is 4.79 Å². The van der Waals surface area contributed by atoms with Crippen molar-refractivity contribution in [2.75, 3.05) is 23.4 Å². The number of unbranched alkanes of at least 4 members (excludes halogenated alkanes) is 2. The third-order valence-electron chi connectivity index (χ3n) is 3.52. The van der Waals surface area contributed by atoms with Gasteiger partial charge in [-0.2, -0.15) is 0 Å². The van der Waals surface area contributed by atoms with Crippen molar-refractivity contribution in [3.05, 3.63) is 18.0 Å². The first kappa shape index (κ1) is 16.7. The molecule has 1 amide bonds. The predicted octanol–water partition coefficient (Wildman–Crippen LogP) is 0.996. The van der Waals surface area contributed by atoms with Crippen LogP contribution in [0.25, 0.3) is 0 Å². The summed E-state index contributed by atoms with van der Waals surface area (Å²) in [4.78, 5) is 20.4. The molecule has 1 unspecified atom stereocenters. The van der Waals surface area contributed by atoms with Gasteiger partial charge in [0.1, 0.15) is 5.69 Å². The summed E-state index contributed by atoms with van der Waals surface area (Å²) in [6.45, 7) is 2.89. The van der Waals surface area contributed by atoms with E-state index in [0.29, 0.717) is 12.4 Å². The Bertz CT molecular complexity index is 618. The van der Waals surface area contributed by atoms with E-state index in [1.54, 1.807) is 0 Å². The third-order valence-corrected chi connectivity index (χ3v) is 5.29. The van der Waals surface area contributed by atoms with Crippen molar-refractivity contribution < 1.29 is 13.2 Å². The standard InChI is InChI=1S/C14H22N4O3S/c1-2-3-4-7-15-14-16-8-5-12(18-14)13(19)17-11-6-9-22(20,21)10-11/h5,8,11H,2-4,6-7,9-10H2,1H3,(H,17,19)(H,15,16,18). The van der Waals surface area contributed by atoms with Gasteiger partial charge in [0.15, 0.2) is 9.84 Å². The Morgan fingerprint density at radius 3 is 2.91 bits per heavy atom. The minimum Gasteiger partial charge on any atom is -0.354 e. The zero-order valence-electron chi connectivity index (χ0n) is 12.7. The molecule has 1 aromatic rings. The smallest absolute Gasteiger partial charge is 0.270 e. The number of carbonyl (C=O) groups excluding carboxylic acids is 1. The number of carbonyl (C=O) groups is 1. The molecule has 122 valence electrons. The molecular weight excluding hydrogens is 304 g/mol. The van der Waals surface area contributed by atoms with E-state index in [0.717, 1.165) is 25.8 Å². The topological polar surface area (TPSA) is 101 Å². The SMILES string of the molecule is CCCCCNc1nccc(C(=O)NC2CCS(=O)(=O)C2)n1. The summed E-state index contributed by atoms with van der Waals surface area (Å²) in [6.07, 6.45) is 5.27. The van der Waals surface area contributed by atoms with E-state index in [9.17, 15) is 13.2 Å². The number of hydrogen-bond acceptors (Lipinski definition) is 6. The van der Waals surface area contributed by atoms with Crippen LogP contribution in [0.15, 0.2) is 12.3 Å². The van der Waals surface area contributed by atoms with Crippen molar-refractivity contribution >= 4 is 21.7 Å². The maximum absolute atomic E-state index is 12.1. The number of anilines is 1. The lowest BCUT2D eigenvalue weighted by molar-refractivity contribution is 0.0936. The van der Waals surface area contributed by atoms with Crippen molar-refractivity contribution in [2.24, 2.45) is 0 Å². The highest BCUT2D eigenvalue weighted by Gasteiger charge is 2.29. The van der Waals surface area contributed by atoms with Gasteiger partial charge < -0.3 is 10.6 Å². The normalized spacial score (nSPS) is 19.8. The van der Waals surface area contributed by atoms with Gasteiger partial charge in [-0.15, -0.1) is 0 Å². The predicted molar refractivity (Wildman–Crippen MR) is 84.6 cm³/mol. The molecule has 0 aliphatic carbocycles. The van der Waals surface area contributed by atoms with Gasteiger partial charge in [0.05, 0.1) is 11.5 Å². The fraction of sp³-hybridized carbons (Fsp3) is 0.643. The van der Waals surface area contributed by atoms with Crippen LogP contribution in [0.5, 0.6) is 0 Å². The van der Waals surface area contributed by atoms with E-state index < -0.39 is 9.84 Å². The first-order valence-electron chi connectivity index (χ1n) is 7.58. The van der Waals surface area contributed by atoms with Gasteiger partial charge >= 0.3 is 0 Å². The maximum Gasteiger partial charge on any atom is 0.270 e. The Morgan fingerprint density at radius 1 is 1.41 bits per heavy atom. The Kier molecular flexibility index (Phi) is 5.70. The lowest BCUT2D eigenvalue weighted by Crippen LogP contribution is -2.36. The molecule has 2 rings (SSSR count). The van der Waals surface area contributed by atoms with Gasteiger partial charge in [0.25, 0.3) is 5.91 Å². The minimum absolute atomic E-state index is 0.00590. The van der Waals surface area contributed by atoms with Crippen LogP contribution in [0.3, 0.4) is 0 Å². The number of aromatic nitrogens is 2. The number of hydrogen-bond donors (Lipinski definition) is 2. The molecular formula is C14H22N4O3S. The molecule has 2 N–H and O–H groups in total. The Hall–Kier alpha value is -1.70. The van der Waals surface area contributed by atoms with E-state index in [4.69, 9.17) is 0 Å². The molecule has 0 spiro atoms. The van der Waals surface area contributed by atoms with Crippen LogP contribution in [0.4, 0.5) is 5.95 Å². The zero-order chi connectivity index (χ0) is 16.0. The van der Waals surface area contributed by atoms with E-state index in [1.807, 2.05) is 0 Å². The number of sulfone groups is 1. The first-order chi connectivity index (χ1) is 10.5. The molecule has 1 aliphatic heterocycles. The molecule has 1 atom stereocenters. The average Bonchev–Trinajstić information content (AvgIpc) is 2.83. The number of nitrogens with one attached hydrogen (secondary N) is 2.